The number of nitrogens with one attached hydrogen (secondary N) is 1. The van der Waals surface area contributed by atoms with Gasteiger partial charge in [-0.1, -0.05) is 0 Å². The molecule has 0 fully saturated rings. The summed E-state index contributed by atoms with van der Waals surface area (Å²) in [5, 5.41) is 7.55. The van der Waals surface area contributed by atoms with Gasteiger partial charge in [0.15, 0.2) is 0 Å². The fourth-order valence-corrected chi connectivity index (χ4v) is 2.33. The lowest BCUT2D eigenvalue weighted by molar-refractivity contribution is 0.510. The Balaban J connectivity index is 1.60. The maximum absolute atomic E-state index is 4.45. The average Bonchev–Trinajstić information content (AvgIpc) is 2.99. The first-order valence-electron chi connectivity index (χ1n) is 6.14. The molecule has 90 valence electrons. The first-order valence-corrected chi connectivity index (χ1v) is 6.14. The Labute approximate surface area is 100 Å². The van der Waals surface area contributed by atoms with E-state index in [2.05, 4.69) is 20.0 Å². The number of hydrogen-bond donors (Lipinski definition) is 1. The molecule has 0 aliphatic carbocycles. The summed E-state index contributed by atoms with van der Waals surface area (Å²) in [7, 11) is 0. The van der Waals surface area contributed by atoms with Crippen LogP contribution in [0.2, 0.25) is 0 Å². The molecule has 17 heavy (non-hydrogen) atoms. The van der Waals surface area contributed by atoms with Gasteiger partial charge >= 0.3 is 0 Å². The van der Waals surface area contributed by atoms with E-state index in [1.165, 1.54) is 11.4 Å². The van der Waals surface area contributed by atoms with Crippen molar-refractivity contribution in [2.45, 2.75) is 32.5 Å². The summed E-state index contributed by atoms with van der Waals surface area (Å²) in [6.07, 6.45) is 7.99. The molecule has 5 heteroatoms. The average molecular weight is 231 g/mol. The van der Waals surface area contributed by atoms with Crippen molar-refractivity contribution in [1.29, 1.82) is 0 Å². The highest BCUT2D eigenvalue weighted by Gasteiger charge is 2.13. The Morgan fingerprint density at radius 2 is 2.35 bits per heavy atom. The maximum atomic E-state index is 4.45. The molecule has 0 aromatic carbocycles. The third-order valence-corrected chi connectivity index (χ3v) is 3.21. The molecule has 1 aliphatic rings. The zero-order chi connectivity index (χ0) is 11.5. The van der Waals surface area contributed by atoms with Crippen LogP contribution in [0.1, 0.15) is 17.8 Å². The van der Waals surface area contributed by atoms with Crippen LogP contribution < -0.4 is 5.32 Å². The van der Waals surface area contributed by atoms with Crippen molar-refractivity contribution < 1.29 is 0 Å². The topological polar surface area (TPSA) is 47.7 Å². The first-order chi connectivity index (χ1) is 8.43. The van der Waals surface area contributed by atoms with Crippen LogP contribution in [-0.2, 0) is 26.1 Å². The van der Waals surface area contributed by atoms with Gasteiger partial charge in [0.2, 0.25) is 0 Å². The quantitative estimate of drug-likeness (QED) is 0.847. The van der Waals surface area contributed by atoms with Crippen LogP contribution in [0.15, 0.2) is 24.8 Å². The van der Waals surface area contributed by atoms with Crippen LogP contribution in [0.25, 0.3) is 0 Å². The molecule has 2 aromatic rings. The molecule has 0 atom stereocenters. The second-order valence-electron chi connectivity index (χ2n) is 4.38. The van der Waals surface area contributed by atoms with Gasteiger partial charge in [-0.3, -0.25) is 4.68 Å². The van der Waals surface area contributed by atoms with E-state index in [9.17, 15) is 0 Å². The van der Waals surface area contributed by atoms with Crippen LogP contribution >= 0.6 is 0 Å². The van der Waals surface area contributed by atoms with E-state index in [4.69, 9.17) is 0 Å². The minimum atomic E-state index is 0.918. The molecule has 0 radical (unpaired) electrons. The molecule has 5 nitrogen and oxygen atoms in total. The van der Waals surface area contributed by atoms with Crippen molar-refractivity contribution in [3.8, 4) is 0 Å². The lowest BCUT2D eigenvalue weighted by Gasteiger charge is -2.15. The van der Waals surface area contributed by atoms with Crippen molar-refractivity contribution >= 4 is 0 Å². The maximum Gasteiger partial charge on any atom is 0.0952 e. The fraction of sp³-hybridized carbons (Fsp3) is 0.500. The number of imidazole rings is 1. The molecule has 1 N–H and O–H groups in total. The molecule has 0 saturated heterocycles. The molecule has 2 aromatic heterocycles. The van der Waals surface area contributed by atoms with Crippen LogP contribution in [0.3, 0.4) is 0 Å². The Kier molecular flexibility index (Phi) is 2.92. The first kappa shape index (κ1) is 10.5. The highest BCUT2D eigenvalue weighted by molar-refractivity contribution is 5.16. The molecule has 3 rings (SSSR count). The number of rotatable bonds is 4. The molecular weight excluding hydrogens is 214 g/mol. The van der Waals surface area contributed by atoms with Gasteiger partial charge in [0.05, 0.1) is 12.0 Å². The zero-order valence-electron chi connectivity index (χ0n) is 9.84. The van der Waals surface area contributed by atoms with E-state index in [0.717, 1.165) is 39.0 Å². The van der Waals surface area contributed by atoms with Crippen molar-refractivity contribution in [3.63, 3.8) is 0 Å². The second kappa shape index (κ2) is 4.71. The largest absolute Gasteiger partial charge is 0.334 e. The van der Waals surface area contributed by atoms with Gasteiger partial charge in [0.1, 0.15) is 0 Å². The predicted molar refractivity (Wildman–Crippen MR) is 64.5 cm³/mol. The van der Waals surface area contributed by atoms with E-state index in [-0.39, 0.29) is 0 Å². The van der Waals surface area contributed by atoms with Gasteiger partial charge in [0.25, 0.3) is 0 Å². The third-order valence-electron chi connectivity index (χ3n) is 3.21. The molecule has 0 bridgehead atoms. The summed E-state index contributed by atoms with van der Waals surface area (Å²) >= 11 is 0. The Morgan fingerprint density at radius 3 is 3.24 bits per heavy atom. The van der Waals surface area contributed by atoms with Crippen LogP contribution in [0.5, 0.6) is 0 Å². The monoisotopic (exact) mass is 231 g/mol. The van der Waals surface area contributed by atoms with Gasteiger partial charge in [-0.2, -0.15) is 5.10 Å². The number of hydrogen-bond acceptors (Lipinski definition) is 3. The summed E-state index contributed by atoms with van der Waals surface area (Å²) in [4.78, 5) is 4.45. The third kappa shape index (κ3) is 2.24. The Bertz CT molecular complexity index is 471. The molecular formula is C12H17N5. The van der Waals surface area contributed by atoms with E-state index >= 15 is 0 Å². The van der Waals surface area contributed by atoms with Crippen LogP contribution in [0.4, 0.5) is 0 Å². The Hall–Kier alpha value is -1.62. The lowest BCUT2D eigenvalue weighted by atomic mass is 10.2. The molecule has 0 saturated carbocycles. The summed E-state index contributed by atoms with van der Waals surface area (Å²) < 4.78 is 4.27. The smallest absolute Gasteiger partial charge is 0.0952 e. The SMILES string of the molecule is c1cnn(CCCn2cnc3c2CCNC3)c1. The summed E-state index contributed by atoms with van der Waals surface area (Å²) in [6, 6.07) is 1.96. The van der Waals surface area contributed by atoms with E-state index in [0.29, 0.717) is 0 Å². The predicted octanol–water partition coefficient (Wildman–Crippen LogP) is 0.816. The van der Waals surface area contributed by atoms with Crippen molar-refractivity contribution in [2.24, 2.45) is 0 Å². The van der Waals surface area contributed by atoms with Gasteiger partial charge < -0.3 is 9.88 Å². The summed E-state index contributed by atoms with van der Waals surface area (Å²) in [5.74, 6) is 0. The number of fused-ring (bicyclic) bond motifs is 1. The van der Waals surface area contributed by atoms with Gasteiger partial charge in [-0.15, -0.1) is 0 Å². The zero-order valence-corrected chi connectivity index (χ0v) is 9.84. The number of nitrogens with zero attached hydrogens (tertiary/aromatic N) is 4. The molecule has 1 aliphatic heterocycles. The highest BCUT2D eigenvalue weighted by atomic mass is 15.3. The van der Waals surface area contributed by atoms with E-state index < -0.39 is 0 Å². The van der Waals surface area contributed by atoms with Crippen LogP contribution in [0, 0.1) is 0 Å². The number of aryl methyl sites for hydroxylation is 2. The minimum absolute atomic E-state index is 0.918. The summed E-state index contributed by atoms with van der Waals surface area (Å²) in [6.45, 7) is 3.99. The summed E-state index contributed by atoms with van der Waals surface area (Å²) in [5.41, 5.74) is 2.62. The second-order valence-corrected chi connectivity index (χ2v) is 4.38. The standard InChI is InChI=1S/C12H17N5/c1-4-15-17(7-1)8-2-6-16-10-14-11-9-13-5-3-12(11)16/h1,4,7,10,13H,2-3,5-6,8-9H2. The molecule has 0 spiro atoms. The Morgan fingerprint density at radius 1 is 1.35 bits per heavy atom. The number of aromatic nitrogens is 4. The van der Waals surface area contributed by atoms with E-state index in [1.807, 2.05) is 29.5 Å². The normalized spacial score (nSPS) is 14.8. The van der Waals surface area contributed by atoms with Crippen molar-refractivity contribution in [1.82, 2.24) is 24.6 Å². The van der Waals surface area contributed by atoms with E-state index in [1.54, 1.807) is 0 Å². The van der Waals surface area contributed by atoms with Crippen molar-refractivity contribution in [2.75, 3.05) is 6.54 Å². The van der Waals surface area contributed by atoms with Gasteiger partial charge in [-0.05, 0) is 12.5 Å². The van der Waals surface area contributed by atoms with Crippen molar-refractivity contribution in [3.05, 3.63) is 36.2 Å². The van der Waals surface area contributed by atoms with Gasteiger partial charge in [0, 0.05) is 50.7 Å². The fourth-order valence-electron chi connectivity index (χ4n) is 2.33. The van der Waals surface area contributed by atoms with Gasteiger partial charge in [-0.25, -0.2) is 4.98 Å². The molecule has 0 amide bonds. The van der Waals surface area contributed by atoms with Crippen LogP contribution in [-0.4, -0.2) is 25.9 Å². The minimum Gasteiger partial charge on any atom is -0.334 e. The molecule has 3 heterocycles. The lowest BCUT2D eigenvalue weighted by Crippen LogP contribution is -2.25. The highest BCUT2D eigenvalue weighted by Crippen LogP contribution is 2.12. The molecule has 0 unspecified atom stereocenters.